The third-order valence-electron chi connectivity index (χ3n) is 4.82. The zero-order valence-corrected chi connectivity index (χ0v) is 15.0. The normalized spacial score (nSPS) is 22.2. The fourth-order valence-corrected chi connectivity index (χ4v) is 3.41. The van der Waals surface area contributed by atoms with E-state index in [1.54, 1.807) is 12.1 Å². The molecule has 0 N–H and O–H groups in total. The van der Waals surface area contributed by atoms with E-state index in [0.29, 0.717) is 6.07 Å². The van der Waals surface area contributed by atoms with E-state index in [0.717, 1.165) is 42.7 Å². The molecule has 2 aromatic carbocycles. The molecular weight excluding hydrogens is 378 g/mol. The van der Waals surface area contributed by atoms with Gasteiger partial charge in [-0.2, -0.15) is 13.2 Å². The number of benzene rings is 2. The summed E-state index contributed by atoms with van der Waals surface area (Å²) in [7, 11) is 0. The van der Waals surface area contributed by atoms with Crippen LogP contribution >= 0.6 is 0 Å². The van der Waals surface area contributed by atoms with Gasteiger partial charge in [-0.15, -0.1) is 0 Å². The first kappa shape index (κ1) is 20.2. The van der Waals surface area contributed by atoms with E-state index in [9.17, 15) is 22.0 Å². The van der Waals surface area contributed by atoms with E-state index in [4.69, 9.17) is 0 Å². The van der Waals surface area contributed by atoms with Crippen LogP contribution < -0.4 is 0 Å². The molecule has 0 radical (unpaired) electrons. The van der Waals surface area contributed by atoms with Crippen molar-refractivity contribution in [3.05, 3.63) is 88.8 Å². The summed E-state index contributed by atoms with van der Waals surface area (Å²) < 4.78 is 84.6. The predicted molar refractivity (Wildman–Crippen MR) is 96.6 cm³/mol. The van der Waals surface area contributed by atoms with Crippen LogP contribution in [0.2, 0.25) is 0 Å². The van der Waals surface area contributed by atoms with Crippen molar-refractivity contribution in [2.24, 2.45) is 0 Å². The smallest absolute Gasteiger partial charge is 0.239 e. The number of halogens is 6. The van der Waals surface area contributed by atoms with Crippen molar-refractivity contribution >= 4 is 5.57 Å². The Labute approximate surface area is 159 Å². The monoisotopic (exact) mass is 396 g/mol. The number of alkyl halides is 5. The van der Waals surface area contributed by atoms with Gasteiger partial charge in [0.25, 0.3) is 0 Å². The van der Waals surface area contributed by atoms with Gasteiger partial charge in [0.1, 0.15) is 5.82 Å². The number of allylic oxidation sites excluding steroid dienone is 4. The van der Waals surface area contributed by atoms with Gasteiger partial charge in [-0.05, 0) is 29.7 Å². The first-order valence-corrected chi connectivity index (χ1v) is 8.87. The van der Waals surface area contributed by atoms with E-state index in [1.807, 2.05) is 6.92 Å². The third-order valence-corrected chi connectivity index (χ3v) is 4.82. The number of hydrogen-bond acceptors (Lipinski definition) is 0. The highest BCUT2D eigenvalue weighted by atomic mass is 19.4. The maximum atomic E-state index is 16.0. The van der Waals surface area contributed by atoms with Gasteiger partial charge in [0, 0.05) is 11.1 Å². The van der Waals surface area contributed by atoms with Gasteiger partial charge >= 0.3 is 6.18 Å². The summed E-state index contributed by atoms with van der Waals surface area (Å²) >= 11 is 0. The Kier molecular flexibility index (Phi) is 5.41. The van der Waals surface area contributed by atoms with E-state index in [1.165, 1.54) is 18.2 Å². The van der Waals surface area contributed by atoms with Crippen molar-refractivity contribution in [1.82, 2.24) is 0 Å². The Hall–Kier alpha value is -2.50. The van der Waals surface area contributed by atoms with E-state index < -0.39 is 40.5 Å². The lowest BCUT2D eigenvalue weighted by Crippen LogP contribution is -2.34. The van der Waals surface area contributed by atoms with Gasteiger partial charge in [0.15, 0.2) is 11.8 Å². The molecule has 0 spiro atoms. The second-order valence-corrected chi connectivity index (χ2v) is 6.69. The molecule has 2 atom stereocenters. The molecule has 0 saturated carbocycles. The molecule has 1 aliphatic rings. The van der Waals surface area contributed by atoms with Crippen molar-refractivity contribution in [3.63, 3.8) is 0 Å². The van der Waals surface area contributed by atoms with Crippen LogP contribution in [0.5, 0.6) is 0 Å². The van der Waals surface area contributed by atoms with Crippen molar-refractivity contribution in [3.8, 4) is 0 Å². The Morgan fingerprint density at radius 3 is 2.32 bits per heavy atom. The quantitative estimate of drug-likeness (QED) is 0.491. The third kappa shape index (κ3) is 3.48. The van der Waals surface area contributed by atoms with Gasteiger partial charge in [-0.1, -0.05) is 61.9 Å². The van der Waals surface area contributed by atoms with Crippen LogP contribution in [0.3, 0.4) is 0 Å². The maximum Gasteiger partial charge on any atom is 0.419 e. The molecule has 2 aromatic rings. The average Bonchev–Trinajstić information content (AvgIpc) is 2.64. The molecule has 28 heavy (non-hydrogen) atoms. The highest BCUT2D eigenvalue weighted by Gasteiger charge is 2.47. The summed E-state index contributed by atoms with van der Waals surface area (Å²) in [6, 6.07) is 8.67. The summed E-state index contributed by atoms with van der Waals surface area (Å²) in [5.74, 6) is -1.62. The summed E-state index contributed by atoms with van der Waals surface area (Å²) in [5.41, 5.74) is -4.56. The predicted octanol–water partition coefficient (Wildman–Crippen LogP) is 6.95. The van der Waals surface area contributed by atoms with Crippen LogP contribution in [0.15, 0.2) is 60.7 Å². The Morgan fingerprint density at radius 1 is 1.04 bits per heavy atom. The molecule has 0 aromatic heterocycles. The molecule has 2 unspecified atom stereocenters. The molecule has 148 valence electrons. The van der Waals surface area contributed by atoms with Gasteiger partial charge in [-0.3, -0.25) is 0 Å². The van der Waals surface area contributed by atoms with Gasteiger partial charge < -0.3 is 0 Å². The number of rotatable bonds is 4. The van der Waals surface area contributed by atoms with Crippen LogP contribution in [-0.2, 0) is 18.3 Å². The summed E-state index contributed by atoms with van der Waals surface area (Å²) in [5, 5.41) is 0. The lowest BCUT2D eigenvalue weighted by atomic mass is 9.77. The van der Waals surface area contributed by atoms with E-state index in [2.05, 4.69) is 0 Å². The molecule has 6 heteroatoms. The highest BCUT2D eigenvalue weighted by molar-refractivity contribution is 5.78. The molecular formula is C22H18F6. The molecule has 0 heterocycles. The van der Waals surface area contributed by atoms with Gasteiger partial charge in [0.05, 0.1) is 5.56 Å². The van der Waals surface area contributed by atoms with Gasteiger partial charge in [-0.25, -0.2) is 13.2 Å². The second kappa shape index (κ2) is 7.49. The molecule has 1 aliphatic carbocycles. The zero-order chi connectivity index (χ0) is 20.5. The molecule has 0 bridgehead atoms. The summed E-state index contributed by atoms with van der Waals surface area (Å²) in [6.07, 6.45) is -2.22. The van der Waals surface area contributed by atoms with Gasteiger partial charge in [0.2, 0.25) is 0 Å². The van der Waals surface area contributed by atoms with Crippen LogP contribution in [-0.4, -0.2) is 6.17 Å². The van der Waals surface area contributed by atoms with Crippen LogP contribution in [0.25, 0.3) is 5.57 Å². The topological polar surface area (TPSA) is 0 Å². The molecule has 0 amide bonds. The van der Waals surface area contributed by atoms with E-state index in [-0.39, 0.29) is 5.56 Å². The lowest BCUT2D eigenvalue weighted by Gasteiger charge is -2.33. The van der Waals surface area contributed by atoms with Crippen LogP contribution in [0.1, 0.15) is 35.6 Å². The number of aryl methyl sites for hydroxylation is 1. The Balaban J connectivity index is 2.14. The standard InChI is InChI=1S/C22H18F6/c1-2-5-14-10-12-15(13-11-14)21(25)17(7-4-9-19(21)23)16-6-3-8-18(20(16)24)22(26,27)28/h3-4,6-13,19H,2,5H2,1H3. The minimum atomic E-state index is -4.94. The van der Waals surface area contributed by atoms with Crippen molar-refractivity contribution in [1.29, 1.82) is 0 Å². The number of hydrogen-bond donors (Lipinski definition) is 0. The highest BCUT2D eigenvalue weighted by Crippen LogP contribution is 2.48. The van der Waals surface area contributed by atoms with E-state index >= 15 is 4.39 Å². The minimum absolute atomic E-state index is 0.0766. The molecule has 0 nitrogen and oxygen atoms in total. The Morgan fingerprint density at radius 2 is 1.71 bits per heavy atom. The SMILES string of the molecule is CCCc1ccc(C2(F)C(c3cccc(C(F)(F)F)c3F)=CC=CC2F)cc1. The second-order valence-electron chi connectivity index (χ2n) is 6.69. The fourth-order valence-electron chi connectivity index (χ4n) is 3.41. The van der Waals surface area contributed by atoms with Crippen molar-refractivity contribution in [2.75, 3.05) is 0 Å². The molecule has 0 aliphatic heterocycles. The fraction of sp³-hybridized carbons (Fsp3) is 0.273. The van der Waals surface area contributed by atoms with Crippen LogP contribution in [0, 0.1) is 5.82 Å². The average molecular weight is 396 g/mol. The largest absolute Gasteiger partial charge is 0.419 e. The first-order chi connectivity index (χ1) is 13.2. The lowest BCUT2D eigenvalue weighted by molar-refractivity contribution is -0.140. The Bertz CT molecular complexity index is 908. The zero-order valence-electron chi connectivity index (χ0n) is 15.0. The first-order valence-electron chi connectivity index (χ1n) is 8.87. The van der Waals surface area contributed by atoms with Crippen molar-refractivity contribution < 1.29 is 26.3 Å². The molecule has 0 fully saturated rings. The summed E-state index contributed by atoms with van der Waals surface area (Å²) in [4.78, 5) is 0. The molecule has 0 saturated heterocycles. The van der Waals surface area contributed by atoms with Crippen molar-refractivity contribution in [2.45, 2.75) is 37.8 Å². The maximum absolute atomic E-state index is 16.0. The van der Waals surface area contributed by atoms with Crippen LogP contribution in [0.4, 0.5) is 26.3 Å². The summed E-state index contributed by atoms with van der Waals surface area (Å²) in [6.45, 7) is 1.98. The minimum Gasteiger partial charge on any atom is -0.239 e. The molecule has 3 rings (SSSR count).